The third-order valence-corrected chi connectivity index (χ3v) is 5.46. The largest absolute Gasteiger partial charge is 0.482 e. The number of nitrogens with one attached hydrogen (secondary N) is 1. The molecule has 0 aromatic heterocycles. The molecule has 1 aliphatic heterocycles. The number of rotatable bonds is 9. The zero-order valence-corrected chi connectivity index (χ0v) is 18.1. The van der Waals surface area contributed by atoms with Crippen LogP contribution in [-0.2, 0) is 20.9 Å². The van der Waals surface area contributed by atoms with Crippen LogP contribution in [-0.4, -0.2) is 48.6 Å². The third-order valence-electron chi connectivity index (χ3n) is 5.15. The molecule has 0 saturated carbocycles. The molecule has 1 heterocycles. The lowest BCUT2D eigenvalue weighted by Crippen LogP contribution is -2.50. The maximum Gasteiger partial charge on any atom is 0.261 e. The molecule has 2 aromatic rings. The van der Waals surface area contributed by atoms with Gasteiger partial charge in [0.15, 0.2) is 6.61 Å². The minimum atomic E-state index is -0.756. The molecule has 0 spiro atoms. The molecule has 0 bridgehead atoms. The number of carbonyl (C=O) groups excluding carboxylic acids is 2. The van der Waals surface area contributed by atoms with Crippen LogP contribution in [0.15, 0.2) is 48.5 Å². The van der Waals surface area contributed by atoms with Crippen LogP contribution >= 0.6 is 11.6 Å². The molecular weight excluding hydrogens is 423 g/mol. The Morgan fingerprint density at radius 3 is 2.68 bits per heavy atom. The zero-order valence-electron chi connectivity index (χ0n) is 17.4. The SMILES string of the molecule is C[C@H](C(=O)NC[C@@H]1CCCO1)N(Cc1ccc(F)cc1)C(=O)COc1ccccc1Cl. The van der Waals surface area contributed by atoms with Crippen LogP contribution in [0.3, 0.4) is 0 Å². The van der Waals surface area contributed by atoms with Gasteiger partial charge in [0, 0.05) is 19.7 Å². The number of amides is 2. The van der Waals surface area contributed by atoms with E-state index in [0.717, 1.165) is 12.8 Å². The number of hydrogen-bond acceptors (Lipinski definition) is 4. The lowest BCUT2D eigenvalue weighted by atomic mass is 10.1. The van der Waals surface area contributed by atoms with Crippen molar-refractivity contribution in [1.82, 2.24) is 10.2 Å². The molecule has 1 N–H and O–H groups in total. The molecular formula is C23H26ClFN2O4. The van der Waals surface area contributed by atoms with Crippen LogP contribution in [0.4, 0.5) is 4.39 Å². The molecule has 0 unspecified atom stereocenters. The maximum absolute atomic E-state index is 13.3. The highest BCUT2D eigenvalue weighted by atomic mass is 35.5. The predicted molar refractivity (Wildman–Crippen MR) is 115 cm³/mol. The van der Waals surface area contributed by atoms with Crippen molar-refractivity contribution in [2.24, 2.45) is 0 Å². The van der Waals surface area contributed by atoms with Gasteiger partial charge in [-0.2, -0.15) is 0 Å². The van der Waals surface area contributed by atoms with Gasteiger partial charge in [0.2, 0.25) is 5.91 Å². The Kier molecular flexibility index (Phi) is 8.26. The highest BCUT2D eigenvalue weighted by molar-refractivity contribution is 6.32. The second-order valence-electron chi connectivity index (χ2n) is 7.42. The van der Waals surface area contributed by atoms with E-state index in [2.05, 4.69) is 5.32 Å². The topological polar surface area (TPSA) is 67.9 Å². The number of nitrogens with zero attached hydrogens (tertiary/aromatic N) is 1. The standard InChI is InChI=1S/C23H26ClFN2O4/c1-16(23(29)26-13-19-5-4-12-30-19)27(14-17-8-10-18(25)11-9-17)22(28)15-31-21-7-3-2-6-20(21)24/h2-3,6-11,16,19H,4-5,12-15H2,1H3,(H,26,29)/t16-,19+/m1/s1. The molecule has 1 saturated heterocycles. The van der Waals surface area contributed by atoms with Crippen molar-refractivity contribution >= 4 is 23.4 Å². The number of ether oxygens (including phenoxy) is 2. The van der Waals surface area contributed by atoms with E-state index in [1.807, 2.05) is 0 Å². The Bertz CT molecular complexity index is 887. The minimum Gasteiger partial charge on any atom is -0.482 e. The molecule has 0 aliphatic carbocycles. The van der Waals surface area contributed by atoms with Crippen molar-refractivity contribution in [3.05, 3.63) is 64.9 Å². The van der Waals surface area contributed by atoms with E-state index in [1.165, 1.54) is 17.0 Å². The average molecular weight is 449 g/mol. The van der Waals surface area contributed by atoms with Crippen LogP contribution in [0.2, 0.25) is 5.02 Å². The minimum absolute atomic E-state index is 0.000885. The molecule has 3 rings (SSSR count). The van der Waals surface area contributed by atoms with Crippen molar-refractivity contribution in [3.63, 3.8) is 0 Å². The Balaban J connectivity index is 1.67. The van der Waals surface area contributed by atoms with Crippen LogP contribution < -0.4 is 10.1 Å². The lowest BCUT2D eigenvalue weighted by Gasteiger charge is -2.29. The van der Waals surface area contributed by atoms with Crippen molar-refractivity contribution in [3.8, 4) is 5.75 Å². The summed E-state index contributed by atoms with van der Waals surface area (Å²) in [7, 11) is 0. The molecule has 1 aliphatic rings. The normalized spacial score (nSPS) is 16.5. The van der Waals surface area contributed by atoms with E-state index in [1.54, 1.807) is 43.3 Å². The number of hydrogen-bond donors (Lipinski definition) is 1. The van der Waals surface area contributed by atoms with E-state index in [0.29, 0.717) is 29.5 Å². The van der Waals surface area contributed by atoms with Gasteiger partial charge in [0.05, 0.1) is 11.1 Å². The maximum atomic E-state index is 13.3. The Morgan fingerprint density at radius 1 is 1.26 bits per heavy atom. The second-order valence-corrected chi connectivity index (χ2v) is 7.83. The summed E-state index contributed by atoms with van der Waals surface area (Å²) in [6.45, 7) is 2.61. The van der Waals surface area contributed by atoms with Gasteiger partial charge in [-0.1, -0.05) is 35.9 Å². The van der Waals surface area contributed by atoms with Gasteiger partial charge in [-0.25, -0.2) is 4.39 Å². The second kappa shape index (κ2) is 11.1. The fourth-order valence-electron chi connectivity index (χ4n) is 3.32. The van der Waals surface area contributed by atoms with E-state index >= 15 is 0 Å². The van der Waals surface area contributed by atoms with Crippen LogP contribution in [0.5, 0.6) is 5.75 Å². The molecule has 2 aromatic carbocycles. The lowest BCUT2D eigenvalue weighted by molar-refractivity contribution is -0.142. The van der Waals surface area contributed by atoms with Crippen LogP contribution in [0, 0.1) is 5.82 Å². The molecule has 2 atom stereocenters. The number of halogens is 2. The zero-order chi connectivity index (χ0) is 22.2. The van der Waals surface area contributed by atoms with E-state index < -0.39 is 6.04 Å². The molecule has 1 fully saturated rings. The Hall–Kier alpha value is -2.64. The van der Waals surface area contributed by atoms with E-state index in [4.69, 9.17) is 21.1 Å². The molecule has 6 nitrogen and oxygen atoms in total. The van der Waals surface area contributed by atoms with Gasteiger partial charge in [0.25, 0.3) is 5.91 Å². The number of para-hydroxylation sites is 1. The molecule has 166 valence electrons. The van der Waals surface area contributed by atoms with Gasteiger partial charge >= 0.3 is 0 Å². The number of carbonyl (C=O) groups is 2. The van der Waals surface area contributed by atoms with Crippen molar-refractivity contribution in [2.75, 3.05) is 19.8 Å². The summed E-state index contributed by atoms with van der Waals surface area (Å²) in [5.41, 5.74) is 0.700. The first-order chi connectivity index (χ1) is 14.9. The highest BCUT2D eigenvalue weighted by Gasteiger charge is 2.27. The molecule has 8 heteroatoms. The smallest absolute Gasteiger partial charge is 0.261 e. The van der Waals surface area contributed by atoms with Crippen molar-refractivity contribution < 1.29 is 23.5 Å². The monoisotopic (exact) mass is 448 g/mol. The average Bonchev–Trinajstić information content (AvgIpc) is 3.29. The highest BCUT2D eigenvalue weighted by Crippen LogP contribution is 2.23. The molecule has 0 radical (unpaired) electrons. The fraction of sp³-hybridized carbons (Fsp3) is 0.391. The first kappa shape index (κ1) is 23.0. The van der Waals surface area contributed by atoms with Crippen molar-refractivity contribution in [1.29, 1.82) is 0 Å². The molecule has 2 amide bonds. The quantitative estimate of drug-likeness (QED) is 0.636. The van der Waals surface area contributed by atoms with Gasteiger partial charge in [-0.3, -0.25) is 9.59 Å². The van der Waals surface area contributed by atoms with Crippen LogP contribution in [0.25, 0.3) is 0 Å². The predicted octanol–water partition coefficient (Wildman–Crippen LogP) is 3.57. The summed E-state index contributed by atoms with van der Waals surface area (Å²) >= 11 is 6.09. The first-order valence-electron chi connectivity index (χ1n) is 10.2. The van der Waals surface area contributed by atoms with Gasteiger partial charge in [-0.15, -0.1) is 0 Å². The van der Waals surface area contributed by atoms with Gasteiger partial charge in [-0.05, 0) is 49.6 Å². The third kappa shape index (κ3) is 6.67. The summed E-state index contributed by atoms with van der Waals surface area (Å²) in [5, 5.41) is 3.25. The molecule has 31 heavy (non-hydrogen) atoms. The Labute approximate surface area is 186 Å². The first-order valence-corrected chi connectivity index (χ1v) is 10.6. The van der Waals surface area contributed by atoms with E-state index in [-0.39, 0.29) is 36.9 Å². The Morgan fingerprint density at radius 2 is 2.00 bits per heavy atom. The van der Waals surface area contributed by atoms with Gasteiger partial charge < -0.3 is 19.7 Å². The van der Waals surface area contributed by atoms with Gasteiger partial charge in [0.1, 0.15) is 17.6 Å². The summed E-state index contributed by atoms with van der Waals surface area (Å²) in [6, 6.07) is 11.9. The van der Waals surface area contributed by atoms with E-state index in [9.17, 15) is 14.0 Å². The summed E-state index contributed by atoms with van der Waals surface area (Å²) in [5.74, 6) is -0.659. The summed E-state index contributed by atoms with van der Waals surface area (Å²) in [4.78, 5) is 27.1. The fourth-order valence-corrected chi connectivity index (χ4v) is 3.51. The number of benzene rings is 2. The van der Waals surface area contributed by atoms with Crippen LogP contribution in [0.1, 0.15) is 25.3 Å². The summed E-state index contributed by atoms with van der Waals surface area (Å²) in [6.07, 6.45) is 1.88. The summed E-state index contributed by atoms with van der Waals surface area (Å²) < 4.78 is 24.4. The van der Waals surface area contributed by atoms with Crippen molar-refractivity contribution in [2.45, 2.75) is 38.5 Å².